The molecule has 0 radical (unpaired) electrons. The Morgan fingerprint density at radius 1 is 1.25 bits per heavy atom. The van der Waals surface area contributed by atoms with Crippen molar-refractivity contribution in [2.75, 3.05) is 0 Å². The molecule has 3 rings (SSSR count). The van der Waals surface area contributed by atoms with E-state index >= 15 is 0 Å². The van der Waals surface area contributed by atoms with Gasteiger partial charge in [-0.25, -0.2) is 4.68 Å². The molecule has 2 heterocycles. The minimum Gasteiger partial charge on any atom is -0.307 e. The molecule has 0 unspecified atom stereocenters. The normalized spacial score (nSPS) is 14.1. The van der Waals surface area contributed by atoms with Crippen LogP contribution in [0.3, 0.4) is 0 Å². The van der Waals surface area contributed by atoms with Crippen molar-refractivity contribution in [2.45, 2.75) is 20.0 Å². The Balaban J connectivity index is 2.10. The predicted octanol–water partition coefficient (Wildman–Crippen LogP) is 2.44. The van der Waals surface area contributed by atoms with Crippen LogP contribution in [0.25, 0.3) is 5.69 Å². The van der Waals surface area contributed by atoms with E-state index in [1.165, 1.54) is 11.3 Å². The second kappa shape index (κ2) is 3.61. The van der Waals surface area contributed by atoms with E-state index in [0.29, 0.717) is 0 Å². The zero-order chi connectivity index (χ0) is 11.1. The molecule has 1 aliphatic rings. The van der Waals surface area contributed by atoms with Crippen LogP contribution < -0.4 is 5.32 Å². The number of nitrogens with one attached hydrogen (secondary N) is 1. The lowest BCUT2D eigenvalue weighted by molar-refractivity contribution is 0.711. The minimum absolute atomic E-state index is 0.753. The molecular weight excluding hydrogens is 222 g/mol. The van der Waals surface area contributed by atoms with Crippen LogP contribution in [0.15, 0.2) is 24.3 Å². The molecule has 4 heteroatoms. The summed E-state index contributed by atoms with van der Waals surface area (Å²) >= 11 is 5.87. The monoisotopic (exact) mass is 233 g/mol. The summed E-state index contributed by atoms with van der Waals surface area (Å²) in [4.78, 5) is 0. The van der Waals surface area contributed by atoms with Crippen molar-refractivity contribution in [1.29, 1.82) is 0 Å². The molecule has 0 saturated carbocycles. The van der Waals surface area contributed by atoms with Gasteiger partial charge in [-0.15, -0.1) is 0 Å². The zero-order valence-electron chi connectivity index (χ0n) is 9.00. The van der Waals surface area contributed by atoms with Crippen molar-refractivity contribution in [2.24, 2.45) is 0 Å². The Hall–Kier alpha value is -1.32. The van der Waals surface area contributed by atoms with E-state index in [9.17, 15) is 0 Å². The van der Waals surface area contributed by atoms with E-state index in [2.05, 4.69) is 17.3 Å². The van der Waals surface area contributed by atoms with Gasteiger partial charge >= 0.3 is 0 Å². The number of hydrogen-bond donors (Lipinski definition) is 1. The average molecular weight is 234 g/mol. The number of halogens is 1. The summed E-state index contributed by atoms with van der Waals surface area (Å²) in [5.74, 6) is 0. The van der Waals surface area contributed by atoms with Gasteiger partial charge in [0.15, 0.2) is 0 Å². The third-order valence-electron chi connectivity index (χ3n) is 2.99. The van der Waals surface area contributed by atoms with E-state index in [4.69, 9.17) is 11.6 Å². The predicted molar refractivity (Wildman–Crippen MR) is 63.9 cm³/mol. The molecule has 16 heavy (non-hydrogen) atoms. The molecule has 3 nitrogen and oxygen atoms in total. The summed E-state index contributed by atoms with van der Waals surface area (Å²) in [5, 5.41) is 8.65. The molecule has 0 saturated heterocycles. The Kier molecular flexibility index (Phi) is 2.23. The van der Waals surface area contributed by atoms with Crippen molar-refractivity contribution < 1.29 is 0 Å². The highest BCUT2D eigenvalue weighted by molar-refractivity contribution is 6.30. The maximum Gasteiger partial charge on any atom is 0.0814 e. The third kappa shape index (κ3) is 1.44. The van der Waals surface area contributed by atoms with Gasteiger partial charge in [0.25, 0.3) is 0 Å². The topological polar surface area (TPSA) is 29.9 Å². The Morgan fingerprint density at radius 3 is 2.69 bits per heavy atom. The second-order valence-electron chi connectivity index (χ2n) is 4.00. The van der Waals surface area contributed by atoms with Crippen LogP contribution in [-0.4, -0.2) is 9.78 Å². The van der Waals surface area contributed by atoms with Gasteiger partial charge in [-0.1, -0.05) is 11.6 Å². The lowest BCUT2D eigenvalue weighted by Gasteiger charge is -2.05. The molecule has 0 atom stereocenters. The number of rotatable bonds is 1. The first kappa shape index (κ1) is 9.87. The molecule has 1 aromatic carbocycles. The maximum absolute atomic E-state index is 5.87. The Bertz CT molecular complexity index is 528. The van der Waals surface area contributed by atoms with Gasteiger partial charge in [0.05, 0.1) is 11.4 Å². The van der Waals surface area contributed by atoms with Crippen LogP contribution >= 0.6 is 11.6 Å². The smallest absolute Gasteiger partial charge is 0.0814 e. The highest BCUT2D eigenvalue weighted by atomic mass is 35.5. The van der Waals surface area contributed by atoms with E-state index in [1.807, 2.05) is 28.9 Å². The van der Waals surface area contributed by atoms with Gasteiger partial charge in [0.1, 0.15) is 0 Å². The lowest BCUT2D eigenvalue weighted by Crippen LogP contribution is -2.07. The van der Waals surface area contributed by atoms with Gasteiger partial charge in [-0.3, -0.25) is 0 Å². The first-order valence-electron chi connectivity index (χ1n) is 5.30. The molecule has 0 fully saturated rings. The summed E-state index contributed by atoms with van der Waals surface area (Å²) in [6, 6.07) is 7.76. The number of aromatic nitrogens is 2. The van der Waals surface area contributed by atoms with Crippen LogP contribution in [0.5, 0.6) is 0 Å². The SMILES string of the molecule is Cc1c2c(nn1-c1ccc(Cl)cc1)CNC2. The highest BCUT2D eigenvalue weighted by Crippen LogP contribution is 2.22. The van der Waals surface area contributed by atoms with Crippen LogP contribution in [-0.2, 0) is 13.1 Å². The van der Waals surface area contributed by atoms with Gasteiger partial charge in [-0.2, -0.15) is 5.10 Å². The summed E-state index contributed by atoms with van der Waals surface area (Å²) in [5.41, 5.74) is 4.76. The fraction of sp³-hybridized carbons (Fsp3) is 0.250. The Labute approximate surface area is 99.0 Å². The van der Waals surface area contributed by atoms with Crippen molar-refractivity contribution in [1.82, 2.24) is 15.1 Å². The first-order valence-corrected chi connectivity index (χ1v) is 5.67. The summed E-state index contributed by atoms with van der Waals surface area (Å²) in [6.45, 7) is 3.90. The molecule has 0 aliphatic carbocycles. The first-order chi connectivity index (χ1) is 7.75. The number of hydrogen-bond acceptors (Lipinski definition) is 2. The fourth-order valence-corrected chi connectivity index (χ4v) is 2.23. The molecule has 1 aliphatic heterocycles. The average Bonchev–Trinajstić information content (AvgIpc) is 2.84. The van der Waals surface area contributed by atoms with Crippen LogP contribution in [0, 0.1) is 6.92 Å². The van der Waals surface area contributed by atoms with Crippen molar-refractivity contribution in [3.8, 4) is 5.69 Å². The van der Waals surface area contributed by atoms with Gasteiger partial charge in [0, 0.05) is 29.4 Å². The number of nitrogens with zero attached hydrogens (tertiary/aromatic N) is 2. The van der Waals surface area contributed by atoms with E-state index < -0.39 is 0 Å². The lowest BCUT2D eigenvalue weighted by atomic mass is 10.2. The molecule has 1 N–H and O–H groups in total. The van der Waals surface area contributed by atoms with Crippen LogP contribution in [0.4, 0.5) is 0 Å². The van der Waals surface area contributed by atoms with E-state index in [1.54, 1.807) is 0 Å². The quantitative estimate of drug-likeness (QED) is 0.820. The standard InChI is InChI=1S/C12H12ClN3/c1-8-11-6-14-7-12(11)15-16(8)10-4-2-9(13)3-5-10/h2-5,14H,6-7H2,1H3. The number of fused-ring (bicyclic) bond motifs is 1. The maximum atomic E-state index is 5.87. The molecule has 0 amide bonds. The molecular formula is C12H12ClN3. The molecule has 0 spiro atoms. The Morgan fingerprint density at radius 2 is 2.00 bits per heavy atom. The van der Waals surface area contributed by atoms with Gasteiger partial charge < -0.3 is 5.32 Å². The van der Waals surface area contributed by atoms with Crippen LogP contribution in [0.1, 0.15) is 17.0 Å². The van der Waals surface area contributed by atoms with Crippen molar-refractivity contribution in [3.05, 3.63) is 46.2 Å². The molecule has 2 aromatic rings. The van der Waals surface area contributed by atoms with Crippen molar-refractivity contribution in [3.63, 3.8) is 0 Å². The fourth-order valence-electron chi connectivity index (χ4n) is 2.10. The highest BCUT2D eigenvalue weighted by Gasteiger charge is 2.19. The van der Waals surface area contributed by atoms with E-state index in [0.717, 1.165) is 29.5 Å². The third-order valence-corrected chi connectivity index (χ3v) is 3.24. The molecule has 1 aromatic heterocycles. The molecule has 82 valence electrons. The van der Waals surface area contributed by atoms with Crippen molar-refractivity contribution >= 4 is 11.6 Å². The van der Waals surface area contributed by atoms with Crippen LogP contribution in [0.2, 0.25) is 5.02 Å². The summed E-state index contributed by atoms with van der Waals surface area (Å²) < 4.78 is 1.99. The summed E-state index contributed by atoms with van der Waals surface area (Å²) in [6.07, 6.45) is 0. The van der Waals surface area contributed by atoms with Gasteiger partial charge in [-0.05, 0) is 31.2 Å². The zero-order valence-corrected chi connectivity index (χ0v) is 9.75. The van der Waals surface area contributed by atoms with Gasteiger partial charge in [0.2, 0.25) is 0 Å². The largest absolute Gasteiger partial charge is 0.307 e. The minimum atomic E-state index is 0.753. The number of benzene rings is 1. The molecule has 0 bridgehead atoms. The van der Waals surface area contributed by atoms with E-state index in [-0.39, 0.29) is 0 Å². The second-order valence-corrected chi connectivity index (χ2v) is 4.44. The summed E-state index contributed by atoms with van der Waals surface area (Å²) in [7, 11) is 0.